The van der Waals surface area contributed by atoms with Crippen molar-refractivity contribution in [1.82, 2.24) is 35.2 Å². The molecule has 5 aliphatic rings. The number of piperazine rings is 1. The molecule has 0 bridgehead atoms. The zero-order valence-electron chi connectivity index (χ0n) is 31.3. The first kappa shape index (κ1) is 36.2. The SMILES string of the molecule is CC(C)Nc1ccnc2c3ccc(C#N)cc3n(C3=NN(N4CCNCC4CC4CCN(c5ccc6c(c5)C(=O)N(C5CCC(=O)NC5=O)C6=O)CC4)CS3)c12. The first-order valence-corrected chi connectivity index (χ1v) is 20.3. The van der Waals surface area contributed by atoms with Gasteiger partial charge in [-0.05, 0) is 87.9 Å². The highest BCUT2D eigenvalue weighted by Gasteiger charge is 2.45. The highest BCUT2D eigenvalue weighted by Crippen LogP contribution is 2.38. The van der Waals surface area contributed by atoms with Crippen LogP contribution in [0.25, 0.3) is 21.9 Å². The highest BCUT2D eigenvalue weighted by atomic mass is 32.2. The van der Waals surface area contributed by atoms with Gasteiger partial charge in [0.05, 0.1) is 45.0 Å². The number of nitrogens with one attached hydrogen (secondary N) is 3. The van der Waals surface area contributed by atoms with Crippen LogP contribution in [0.1, 0.15) is 72.2 Å². The van der Waals surface area contributed by atoms with E-state index < -0.39 is 29.7 Å². The van der Waals surface area contributed by atoms with Crippen LogP contribution >= 0.6 is 11.8 Å². The second kappa shape index (κ2) is 14.5. The van der Waals surface area contributed by atoms with E-state index in [1.807, 2.05) is 36.5 Å². The maximum atomic E-state index is 13.4. The molecule has 3 saturated heterocycles. The first-order chi connectivity index (χ1) is 27.2. The molecule has 16 heteroatoms. The first-order valence-electron chi connectivity index (χ1n) is 19.4. The molecule has 0 aliphatic carbocycles. The number of hydrazine groups is 1. The van der Waals surface area contributed by atoms with Crippen LogP contribution in [0, 0.1) is 17.2 Å². The number of carbonyl (C=O) groups is 4. The summed E-state index contributed by atoms with van der Waals surface area (Å²) in [6.07, 6.45) is 5.04. The van der Waals surface area contributed by atoms with Gasteiger partial charge in [0.2, 0.25) is 11.8 Å². The number of nitrogens with zero attached hydrogens (tertiary/aromatic N) is 8. The van der Waals surface area contributed by atoms with Crippen molar-refractivity contribution in [2.75, 3.05) is 48.8 Å². The second-order valence-electron chi connectivity index (χ2n) is 15.4. The van der Waals surface area contributed by atoms with Crippen molar-refractivity contribution in [3.05, 3.63) is 65.4 Å². The highest BCUT2D eigenvalue weighted by molar-refractivity contribution is 8.14. The molecular formula is C40H43N11O4S. The Morgan fingerprint density at radius 2 is 1.82 bits per heavy atom. The molecular weight excluding hydrogens is 731 g/mol. The summed E-state index contributed by atoms with van der Waals surface area (Å²) in [5, 5.41) is 30.8. The number of carbonyl (C=O) groups excluding carboxylic acids is 4. The van der Waals surface area contributed by atoms with E-state index in [-0.39, 0.29) is 24.9 Å². The molecule has 3 N–H and O–H groups in total. The molecule has 3 fully saturated rings. The van der Waals surface area contributed by atoms with Crippen molar-refractivity contribution >= 4 is 73.9 Å². The Bertz CT molecular complexity index is 2360. The Morgan fingerprint density at radius 3 is 2.61 bits per heavy atom. The predicted octanol–water partition coefficient (Wildman–Crippen LogP) is 3.90. The Balaban J connectivity index is 0.898. The number of thioether (sulfide) groups is 1. The third-order valence-corrected chi connectivity index (χ3v) is 12.4. The maximum Gasteiger partial charge on any atom is 0.262 e. The fraction of sp³-hybridized carbons (Fsp3) is 0.425. The third kappa shape index (κ3) is 6.33. The van der Waals surface area contributed by atoms with Crippen molar-refractivity contribution in [2.45, 2.75) is 64.1 Å². The van der Waals surface area contributed by atoms with Crippen molar-refractivity contribution in [3.63, 3.8) is 0 Å². The molecule has 288 valence electrons. The fourth-order valence-corrected chi connectivity index (χ4v) is 9.76. The lowest BCUT2D eigenvalue weighted by Gasteiger charge is -2.42. The largest absolute Gasteiger partial charge is 0.381 e. The van der Waals surface area contributed by atoms with Gasteiger partial charge >= 0.3 is 0 Å². The zero-order chi connectivity index (χ0) is 38.7. The van der Waals surface area contributed by atoms with Crippen LogP contribution < -0.4 is 20.9 Å². The number of hydrogen-bond donors (Lipinski definition) is 3. The van der Waals surface area contributed by atoms with Crippen LogP contribution in [0.2, 0.25) is 0 Å². The van der Waals surface area contributed by atoms with Gasteiger partial charge in [-0.2, -0.15) is 10.3 Å². The molecule has 56 heavy (non-hydrogen) atoms. The summed E-state index contributed by atoms with van der Waals surface area (Å²) in [4.78, 5) is 58.9. The monoisotopic (exact) mass is 773 g/mol. The summed E-state index contributed by atoms with van der Waals surface area (Å²) >= 11 is 1.69. The Labute approximate surface area is 328 Å². The van der Waals surface area contributed by atoms with E-state index in [9.17, 15) is 24.4 Å². The van der Waals surface area contributed by atoms with Gasteiger partial charge in [-0.25, -0.2) is 5.12 Å². The summed E-state index contributed by atoms with van der Waals surface area (Å²) in [5.74, 6) is -0.799. The second-order valence-corrected chi connectivity index (χ2v) is 16.3. The Kier molecular flexibility index (Phi) is 9.39. The van der Waals surface area contributed by atoms with E-state index in [1.54, 1.807) is 23.9 Å². The van der Waals surface area contributed by atoms with Gasteiger partial charge in [-0.1, -0.05) is 11.8 Å². The van der Waals surface area contributed by atoms with E-state index in [2.05, 4.69) is 55.5 Å². The predicted molar refractivity (Wildman–Crippen MR) is 214 cm³/mol. The number of benzene rings is 2. The topological polar surface area (TPSA) is 171 Å². The molecule has 2 aromatic carbocycles. The standard InChI is InChI=1S/C40H43N11O4S/c1-23(2)44-31-9-12-43-35-29-5-3-25(20-41)18-33(29)50(36(31)35)40-46-49(22-56-40)48-16-13-42-21-27(48)17-24-10-14-47(15-11-24)26-4-6-28-30(19-26)39(55)51(38(28)54)32-7-8-34(52)45-37(32)53/h3-6,9,12,18-19,23-24,27,32,42H,7-8,10-11,13-17,21-22H2,1-2H3,(H,43,44)(H,45,52,53). The molecule has 2 atom stereocenters. The lowest BCUT2D eigenvalue weighted by Crippen LogP contribution is -2.57. The number of aromatic nitrogens is 2. The normalized spacial score (nSPS) is 22.3. The Hall–Kier alpha value is -5.50. The summed E-state index contributed by atoms with van der Waals surface area (Å²) in [5.41, 5.74) is 5.79. The number of amides is 4. The minimum Gasteiger partial charge on any atom is -0.381 e. The van der Waals surface area contributed by atoms with Crippen LogP contribution in [-0.4, -0.2) is 110 Å². The van der Waals surface area contributed by atoms with Gasteiger partial charge in [0, 0.05) is 68.5 Å². The van der Waals surface area contributed by atoms with Gasteiger partial charge in [-0.15, -0.1) is 5.10 Å². The molecule has 15 nitrogen and oxygen atoms in total. The summed E-state index contributed by atoms with van der Waals surface area (Å²) < 4.78 is 2.16. The minimum absolute atomic E-state index is 0.0899. The molecule has 0 spiro atoms. The number of anilines is 2. The summed E-state index contributed by atoms with van der Waals surface area (Å²) in [6, 6.07) is 14.9. The average Bonchev–Trinajstić information content (AvgIpc) is 3.88. The number of pyridine rings is 1. The van der Waals surface area contributed by atoms with Crippen LogP contribution in [0.3, 0.4) is 0 Å². The number of fused-ring (bicyclic) bond motifs is 4. The zero-order valence-corrected chi connectivity index (χ0v) is 32.1. The van der Waals surface area contributed by atoms with Gasteiger partial charge < -0.3 is 15.5 Å². The van der Waals surface area contributed by atoms with Crippen LogP contribution in [0.5, 0.6) is 0 Å². The van der Waals surface area contributed by atoms with E-state index in [4.69, 9.17) is 10.1 Å². The van der Waals surface area contributed by atoms with Gasteiger partial charge in [0.25, 0.3) is 11.8 Å². The third-order valence-electron chi connectivity index (χ3n) is 11.5. The molecule has 4 amide bonds. The van der Waals surface area contributed by atoms with E-state index >= 15 is 0 Å². The molecule has 2 aromatic heterocycles. The van der Waals surface area contributed by atoms with Crippen molar-refractivity contribution in [1.29, 1.82) is 5.26 Å². The van der Waals surface area contributed by atoms with Crippen molar-refractivity contribution in [2.24, 2.45) is 11.0 Å². The summed E-state index contributed by atoms with van der Waals surface area (Å²) in [7, 11) is 0. The molecule has 2 unspecified atom stereocenters. The number of hydrazone groups is 1. The number of hydrogen-bond acceptors (Lipinski definition) is 13. The molecule has 7 heterocycles. The quantitative estimate of drug-likeness (QED) is 0.232. The Morgan fingerprint density at radius 1 is 1.00 bits per heavy atom. The lowest BCUT2D eigenvalue weighted by molar-refractivity contribution is -0.136. The van der Waals surface area contributed by atoms with Crippen LogP contribution in [0.15, 0.2) is 53.8 Å². The maximum absolute atomic E-state index is 13.4. The lowest BCUT2D eigenvalue weighted by atomic mass is 9.89. The van der Waals surface area contributed by atoms with Crippen molar-refractivity contribution in [3.8, 4) is 6.07 Å². The van der Waals surface area contributed by atoms with Crippen molar-refractivity contribution < 1.29 is 19.2 Å². The number of piperidine rings is 2. The molecule has 5 aliphatic heterocycles. The number of imide groups is 2. The number of nitriles is 1. The van der Waals surface area contributed by atoms with Gasteiger partial charge in [0.15, 0.2) is 5.17 Å². The van der Waals surface area contributed by atoms with E-state index in [0.29, 0.717) is 28.5 Å². The number of rotatable bonds is 7. The summed E-state index contributed by atoms with van der Waals surface area (Å²) in [6.45, 7) is 8.45. The smallest absolute Gasteiger partial charge is 0.262 e. The van der Waals surface area contributed by atoms with E-state index in [0.717, 1.165) is 95.4 Å². The molecule has 0 radical (unpaired) electrons. The van der Waals surface area contributed by atoms with Gasteiger partial charge in [0.1, 0.15) is 11.9 Å². The van der Waals surface area contributed by atoms with Crippen LogP contribution in [0.4, 0.5) is 11.4 Å². The van der Waals surface area contributed by atoms with Gasteiger partial charge in [-0.3, -0.25) is 38.9 Å². The average molecular weight is 774 g/mol. The fourth-order valence-electron chi connectivity index (χ4n) is 8.85. The van der Waals surface area contributed by atoms with Crippen LogP contribution in [-0.2, 0) is 9.59 Å². The minimum atomic E-state index is -0.979. The molecule has 9 rings (SSSR count). The van der Waals surface area contributed by atoms with E-state index in [1.165, 1.54) is 0 Å². The molecule has 4 aromatic rings. The molecule has 0 saturated carbocycles.